The second-order valence-electron chi connectivity index (χ2n) is 10.7. The van der Waals surface area contributed by atoms with Crippen molar-refractivity contribution < 1.29 is 19.1 Å². The van der Waals surface area contributed by atoms with Crippen LogP contribution in [0, 0.1) is 0 Å². The summed E-state index contributed by atoms with van der Waals surface area (Å²) < 4.78 is 11.4. The summed E-state index contributed by atoms with van der Waals surface area (Å²) in [6.45, 7) is 0. The molecule has 0 N–H and O–H groups in total. The van der Waals surface area contributed by atoms with Crippen LogP contribution in [0.2, 0.25) is 0 Å². The maximum absolute atomic E-state index is 12.9. The van der Waals surface area contributed by atoms with Crippen molar-refractivity contribution in [2.75, 3.05) is 0 Å². The largest absolute Gasteiger partial charge is 0.425 e. The fourth-order valence-corrected chi connectivity index (χ4v) is 6.74. The molecule has 0 bridgehead atoms. The minimum atomic E-state index is -0.416. The van der Waals surface area contributed by atoms with Crippen LogP contribution in [0.1, 0.15) is 77.3 Å². The Labute approximate surface area is 222 Å². The molecule has 4 nitrogen and oxygen atoms in total. The Hall–Kier alpha value is -4.18. The molecule has 0 radical (unpaired) electrons. The van der Waals surface area contributed by atoms with Crippen LogP contribution < -0.4 is 9.47 Å². The van der Waals surface area contributed by atoms with Gasteiger partial charge in [0.25, 0.3) is 0 Å². The Bertz CT molecular complexity index is 1420. The molecule has 2 aliphatic heterocycles. The Morgan fingerprint density at radius 3 is 1.45 bits per heavy atom. The van der Waals surface area contributed by atoms with Crippen LogP contribution in [0.15, 0.2) is 97.1 Å². The topological polar surface area (TPSA) is 52.6 Å². The molecule has 0 saturated heterocycles. The van der Waals surface area contributed by atoms with Crippen molar-refractivity contribution in [3.8, 4) is 11.5 Å². The zero-order valence-corrected chi connectivity index (χ0v) is 21.1. The van der Waals surface area contributed by atoms with E-state index in [2.05, 4.69) is 24.3 Å². The van der Waals surface area contributed by atoms with Crippen LogP contribution >= 0.6 is 0 Å². The van der Waals surface area contributed by atoms with E-state index in [1.54, 1.807) is 0 Å². The van der Waals surface area contributed by atoms with E-state index in [0.717, 1.165) is 47.9 Å². The van der Waals surface area contributed by atoms with Gasteiger partial charge in [-0.25, -0.2) is 0 Å². The minimum absolute atomic E-state index is 0.206. The van der Waals surface area contributed by atoms with Crippen molar-refractivity contribution >= 4 is 11.9 Å². The number of esters is 2. The number of ether oxygens (including phenoxy) is 2. The lowest BCUT2D eigenvalue weighted by Gasteiger charge is -2.39. The summed E-state index contributed by atoms with van der Waals surface area (Å²) in [6, 6.07) is 32.3. The highest BCUT2D eigenvalue weighted by atomic mass is 16.5. The summed E-state index contributed by atoms with van der Waals surface area (Å²) in [5.74, 6) is 0.0202. The van der Waals surface area contributed by atoms with E-state index in [1.165, 1.54) is 17.5 Å². The Morgan fingerprint density at radius 1 is 0.553 bits per heavy atom. The molecule has 2 unspecified atom stereocenters. The SMILES string of the molecule is O=C1Oc2ccc(C3(c4ccc5c(c4)C(c4ccccc4)C(=O)O5)CCCCC3)cc2C1c1ccccc1. The average Bonchev–Trinajstić information content (AvgIpc) is 3.48. The van der Waals surface area contributed by atoms with Crippen molar-refractivity contribution in [3.63, 3.8) is 0 Å². The summed E-state index contributed by atoms with van der Waals surface area (Å²) in [4.78, 5) is 25.9. The summed E-state index contributed by atoms with van der Waals surface area (Å²) in [7, 11) is 0. The van der Waals surface area contributed by atoms with Gasteiger partial charge in [-0.3, -0.25) is 9.59 Å². The van der Waals surface area contributed by atoms with E-state index in [1.807, 2.05) is 72.8 Å². The second-order valence-corrected chi connectivity index (χ2v) is 10.7. The van der Waals surface area contributed by atoms with Gasteiger partial charge in [-0.1, -0.05) is 92.1 Å². The number of fused-ring (bicyclic) bond motifs is 2. The fourth-order valence-electron chi connectivity index (χ4n) is 6.74. The van der Waals surface area contributed by atoms with Gasteiger partial charge in [0, 0.05) is 16.5 Å². The van der Waals surface area contributed by atoms with Gasteiger partial charge in [0.05, 0.1) is 0 Å². The van der Waals surface area contributed by atoms with Crippen molar-refractivity contribution in [1.82, 2.24) is 0 Å². The third kappa shape index (κ3) is 3.59. The number of hydrogen-bond acceptors (Lipinski definition) is 4. The van der Waals surface area contributed by atoms with Crippen LogP contribution in [0.4, 0.5) is 0 Å². The van der Waals surface area contributed by atoms with E-state index in [4.69, 9.17) is 9.47 Å². The van der Waals surface area contributed by atoms with Crippen molar-refractivity contribution in [1.29, 1.82) is 0 Å². The van der Waals surface area contributed by atoms with Gasteiger partial charge >= 0.3 is 11.9 Å². The van der Waals surface area contributed by atoms with Gasteiger partial charge in [0.2, 0.25) is 0 Å². The van der Waals surface area contributed by atoms with Crippen LogP contribution in [-0.4, -0.2) is 11.9 Å². The van der Waals surface area contributed by atoms with E-state index >= 15 is 0 Å². The number of rotatable bonds is 4. The summed E-state index contributed by atoms with van der Waals surface area (Å²) in [6.07, 6.45) is 5.49. The highest BCUT2D eigenvalue weighted by Gasteiger charge is 2.42. The maximum Gasteiger partial charge on any atom is 0.323 e. The minimum Gasteiger partial charge on any atom is -0.425 e. The lowest BCUT2D eigenvalue weighted by atomic mass is 9.64. The predicted octanol–water partition coefficient (Wildman–Crippen LogP) is 7.04. The van der Waals surface area contributed by atoms with Crippen LogP contribution in [0.25, 0.3) is 0 Å². The van der Waals surface area contributed by atoms with Crippen LogP contribution in [0.5, 0.6) is 11.5 Å². The molecule has 0 spiro atoms. The summed E-state index contributed by atoms with van der Waals surface area (Å²) in [5, 5.41) is 0. The molecule has 0 aromatic heterocycles. The molecule has 4 heteroatoms. The standard InChI is InChI=1S/C34H28O4/c35-32-30(22-10-4-1-5-11-22)26-20-24(14-16-28(26)37-32)34(18-8-3-9-19-34)25-15-17-29-27(21-25)31(33(36)38-29)23-12-6-2-7-13-23/h1-2,4-7,10-17,20-21,30-31H,3,8-9,18-19H2. The van der Waals surface area contributed by atoms with E-state index < -0.39 is 11.8 Å². The third-order valence-electron chi connectivity index (χ3n) is 8.61. The Balaban J connectivity index is 1.35. The first-order chi connectivity index (χ1) is 18.6. The zero-order chi connectivity index (χ0) is 25.7. The van der Waals surface area contributed by atoms with E-state index in [-0.39, 0.29) is 17.4 Å². The van der Waals surface area contributed by atoms with Gasteiger partial charge in [0.1, 0.15) is 23.3 Å². The van der Waals surface area contributed by atoms with Crippen LogP contribution in [0.3, 0.4) is 0 Å². The van der Waals surface area contributed by atoms with Gasteiger partial charge in [-0.15, -0.1) is 0 Å². The molecule has 1 aliphatic carbocycles. The highest BCUT2D eigenvalue weighted by Crippen LogP contribution is 2.50. The highest BCUT2D eigenvalue weighted by molar-refractivity contribution is 5.90. The van der Waals surface area contributed by atoms with Crippen LogP contribution in [-0.2, 0) is 15.0 Å². The monoisotopic (exact) mass is 500 g/mol. The molecule has 0 amide bonds. The van der Waals surface area contributed by atoms with E-state index in [9.17, 15) is 9.59 Å². The molecule has 38 heavy (non-hydrogen) atoms. The molecule has 4 aromatic carbocycles. The normalized spacial score (nSPS) is 21.4. The first kappa shape index (κ1) is 23.0. The van der Waals surface area contributed by atoms with Crippen molar-refractivity contribution in [2.24, 2.45) is 0 Å². The second kappa shape index (κ2) is 8.98. The molecule has 1 fully saturated rings. The first-order valence-electron chi connectivity index (χ1n) is 13.5. The third-order valence-corrected chi connectivity index (χ3v) is 8.61. The van der Waals surface area contributed by atoms with Crippen molar-refractivity contribution in [2.45, 2.75) is 49.4 Å². The number of carbonyl (C=O) groups is 2. The fraction of sp³-hybridized carbons (Fsp3) is 0.235. The van der Waals surface area contributed by atoms with E-state index in [0.29, 0.717) is 11.5 Å². The predicted molar refractivity (Wildman–Crippen MR) is 145 cm³/mol. The number of hydrogen-bond donors (Lipinski definition) is 0. The van der Waals surface area contributed by atoms with Gasteiger partial charge in [0.15, 0.2) is 0 Å². The van der Waals surface area contributed by atoms with Gasteiger partial charge in [-0.2, -0.15) is 0 Å². The smallest absolute Gasteiger partial charge is 0.323 e. The Morgan fingerprint density at radius 2 is 1.00 bits per heavy atom. The lowest BCUT2D eigenvalue weighted by molar-refractivity contribution is -0.134. The quantitative estimate of drug-likeness (QED) is 0.223. The average molecular weight is 501 g/mol. The molecule has 188 valence electrons. The molecular formula is C34H28O4. The molecule has 4 aromatic rings. The maximum atomic E-state index is 12.9. The molecular weight excluding hydrogens is 472 g/mol. The molecule has 3 aliphatic rings. The Kier molecular flexibility index (Phi) is 5.43. The van der Waals surface area contributed by atoms with Crippen molar-refractivity contribution in [3.05, 3.63) is 130 Å². The molecule has 2 heterocycles. The lowest BCUT2D eigenvalue weighted by Crippen LogP contribution is -2.30. The van der Waals surface area contributed by atoms with Gasteiger partial charge < -0.3 is 9.47 Å². The number of carbonyl (C=O) groups excluding carboxylic acids is 2. The molecule has 1 saturated carbocycles. The molecule has 7 rings (SSSR count). The number of benzene rings is 4. The zero-order valence-electron chi connectivity index (χ0n) is 21.1. The van der Waals surface area contributed by atoms with Gasteiger partial charge in [-0.05, 0) is 59.4 Å². The first-order valence-corrected chi connectivity index (χ1v) is 13.5. The summed E-state index contributed by atoms with van der Waals surface area (Å²) >= 11 is 0. The molecule has 2 atom stereocenters. The summed E-state index contributed by atoms with van der Waals surface area (Å²) in [5.41, 5.74) is 5.97.